The summed E-state index contributed by atoms with van der Waals surface area (Å²) in [6, 6.07) is 0. The van der Waals surface area contributed by atoms with Gasteiger partial charge in [0.05, 0.1) is 0 Å². The second kappa shape index (κ2) is 17.7. The van der Waals surface area contributed by atoms with E-state index < -0.39 is 0 Å². The van der Waals surface area contributed by atoms with Crippen molar-refractivity contribution in [1.82, 2.24) is 0 Å². The highest BCUT2D eigenvalue weighted by atomic mass is 16.1. The van der Waals surface area contributed by atoms with Crippen LogP contribution in [0.4, 0.5) is 0 Å². The third kappa shape index (κ3) is 17.6. The fraction of sp³-hybridized carbons (Fsp3) is 0.947. The summed E-state index contributed by atoms with van der Waals surface area (Å²) in [5.41, 5.74) is 5.45. The van der Waals surface area contributed by atoms with Gasteiger partial charge in [0.2, 0.25) is 0 Å². The van der Waals surface area contributed by atoms with Gasteiger partial charge in [0, 0.05) is 12.8 Å². The van der Waals surface area contributed by atoms with E-state index >= 15 is 0 Å². The van der Waals surface area contributed by atoms with Gasteiger partial charge >= 0.3 is 0 Å². The Bertz CT molecular complexity index is 216. The minimum Gasteiger partial charge on any atom is -0.330 e. The third-order valence-corrected chi connectivity index (χ3v) is 4.22. The van der Waals surface area contributed by atoms with E-state index in [0.29, 0.717) is 5.78 Å². The summed E-state index contributed by atoms with van der Waals surface area (Å²) >= 11 is 0. The summed E-state index contributed by atoms with van der Waals surface area (Å²) in [6.07, 6.45) is 19.5. The van der Waals surface area contributed by atoms with E-state index in [1.807, 2.05) is 0 Å². The largest absolute Gasteiger partial charge is 0.330 e. The molecule has 0 amide bonds. The minimum absolute atomic E-state index is 0.474. The van der Waals surface area contributed by atoms with Gasteiger partial charge in [-0.2, -0.15) is 0 Å². The van der Waals surface area contributed by atoms with Crippen LogP contribution < -0.4 is 5.73 Å². The molecule has 0 fully saturated rings. The van der Waals surface area contributed by atoms with Crippen LogP contribution in [-0.2, 0) is 4.79 Å². The zero-order valence-corrected chi connectivity index (χ0v) is 14.5. The number of nitrogens with two attached hydrogens (primary N) is 1. The Morgan fingerprint density at radius 2 is 1.00 bits per heavy atom. The first-order valence-electron chi connectivity index (χ1n) is 9.53. The van der Waals surface area contributed by atoms with Gasteiger partial charge in [-0.3, -0.25) is 4.79 Å². The predicted molar refractivity (Wildman–Crippen MR) is 93.6 cm³/mol. The summed E-state index contributed by atoms with van der Waals surface area (Å²) in [5, 5.41) is 0. The van der Waals surface area contributed by atoms with Crippen LogP contribution in [0.15, 0.2) is 0 Å². The van der Waals surface area contributed by atoms with Crippen molar-refractivity contribution in [2.75, 3.05) is 6.54 Å². The molecule has 0 unspecified atom stereocenters. The third-order valence-electron chi connectivity index (χ3n) is 4.22. The smallest absolute Gasteiger partial charge is 0.132 e. The second-order valence-corrected chi connectivity index (χ2v) is 6.42. The summed E-state index contributed by atoms with van der Waals surface area (Å²) in [5.74, 6) is 0.474. The molecule has 0 heterocycles. The van der Waals surface area contributed by atoms with E-state index in [2.05, 4.69) is 6.92 Å². The van der Waals surface area contributed by atoms with Gasteiger partial charge in [0.25, 0.3) is 0 Å². The SMILES string of the molecule is CCCCCCCCCCCCC(=O)CCCCCCN. The maximum atomic E-state index is 11.7. The van der Waals surface area contributed by atoms with E-state index in [1.54, 1.807) is 0 Å². The van der Waals surface area contributed by atoms with Crippen LogP contribution in [-0.4, -0.2) is 12.3 Å². The Balaban J connectivity index is 3.11. The van der Waals surface area contributed by atoms with Crippen molar-refractivity contribution in [2.24, 2.45) is 5.73 Å². The van der Waals surface area contributed by atoms with Crippen molar-refractivity contribution >= 4 is 5.78 Å². The number of unbranched alkanes of at least 4 members (excludes halogenated alkanes) is 12. The summed E-state index contributed by atoms with van der Waals surface area (Å²) in [7, 11) is 0. The van der Waals surface area contributed by atoms with E-state index in [0.717, 1.165) is 38.6 Å². The molecule has 0 aromatic carbocycles. The second-order valence-electron chi connectivity index (χ2n) is 6.42. The zero-order chi connectivity index (χ0) is 15.6. The molecule has 0 spiro atoms. The molecule has 0 aliphatic heterocycles. The van der Waals surface area contributed by atoms with E-state index in [4.69, 9.17) is 5.73 Å². The van der Waals surface area contributed by atoms with E-state index in [-0.39, 0.29) is 0 Å². The first-order chi connectivity index (χ1) is 10.3. The van der Waals surface area contributed by atoms with Crippen LogP contribution in [0.25, 0.3) is 0 Å². The minimum atomic E-state index is 0.474. The van der Waals surface area contributed by atoms with Gasteiger partial charge < -0.3 is 5.73 Å². The molecule has 0 saturated heterocycles. The van der Waals surface area contributed by atoms with Crippen molar-refractivity contribution in [3.8, 4) is 0 Å². The molecular weight excluding hydrogens is 258 g/mol. The molecule has 0 aromatic rings. The Hall–Kier alpha value is -0.370. The number of hydrogen-bond donors (Lipinski definition) is 1. The standard InChI is InChI=1S/C19H39NO/c1-2-3-4-5-6-7-8-9-10-13-16-19(21)17-14-11-12-15-18-20/h2-18,20H2,1H3. The maximum absolute atomic E-state index is 11.7. The van der Waals surface area contributed by atoms with Gasteiger partial charge in [-0.25, -0.2) is 0 Å². The number of rotatable bonds is 17. The number of Topliss-reactive ketones (excluding diaryl/α,β-unsaturated/α-hetero) is 1. The van der Waals surface area contributed by atoms with E-state index in [9.17, 15) is 4.79 Å². The molecule has 21 heavy (non-hydrogen) atoms. The highest BCUT2D eigenvalue weighted by Gasteiger charge is 2.01. The Morgan fingerprint density at radius 1 is 0.619 bits per heavy atom. The summed E-state index contributed by atoms with van der Waals surface area (Å²) in [6.45, 7) is 3.05. The van der Waals surface area contributed by atoms with Crippen molar-refractivity contribution < 1.29 is 4.79 Å². The molecule has 0 saturated carbocycles. The maximum Gasteiger partial charge on any atom is 0.132 e. The van der Waals surface area contributed by atoms with Crippen LogP contribution >= 0.6 is 0 Å². The topological polar surface area (TPSA) is 43.1 Å². The van der Waals surface area contributed by atoms with Crippen molar-refractivity contribution in [1.29, 1.82) is 0 Å². The van der Waals surface area contributed by atoms with Gasteiger partial charge in [0.1, 0.15) is 5.78 Å². The molecule has 2 N–H and O–H groups in total. The lowest BCUT2D eigenvalue weighted by atomic mass is 10.0. The van der Waals surface area contributed by atoms with Crippen LogP contribution in [0.1, 0.15) is 110 Å². The van der Waals surface area contributed by atoms with Crippen LogP contribution in [0, 0.1) is 0 Å². The highest BCUT2D eigenvalue weighted by Crippen LogP contribution is 2.12. The van der Waals surface area contributed by atoms with Crippen LogP contribution in [0.2, 0.25) is 0 Å². The average Bonchev–Trinajstić information content (AvgIpc) is 2.49. The molecule has 126 valence electrons. The normalized spacial score (nSPS) is 11.0. The molecule has 0 radical (unpaired) electrons. The fourth-order valence-electron chi connectivity index (χ4n) is 2.75. The van der Waals surface area contributed by atoms with Crippen LogP contribution in [0.5, 0.6) is 0 Å². The monoisotopic (exact) mass is 297 g/mol. The fourth-order valence-corrected chi connectivity index (χ4v) is 2.75. The zero-order valence-electron chi connectivity index (χ0n) is 14.5. The van der Waals surface area contributed by atoms with E-state index in [1.165, 1.54) is 70.6 Å². The lowest BCUT2D eigenvalue weighted by Gasteiger charge is -2.03. The summed E-state index contributed by atoms with van der Waals surface area (Å²) in [4.78, 5) is 11.7. The summed E-state index contributed by atoms with van der Waals surface area (Å²) < 4.78 is 0. The van der Waals surface area contributed by atoms with Gasteiger partial charge in [0.15, 0.2) is 0 Å². The number of carbonyl (C=O) groups is 1. The predicted octanol–water partition coefficient (Wildman–Crippen LogP) is 5.78. The van der Waals surface area contributed by atoms with Gasteiger partial charge in [-0.1, -0.05) is 77.6 Å². The average molecular weight is 298 g/mol. The van der Waals surface area contributed by atoms with Crippen LogP contribution in [0.3, 0.4) is 0 Å². The Morgan fingerprint density at radius 3 is 1.43 bits per heavy atom. The molecule has 0 aliphatic rings. The molecule has 0 rings (SSSR count). The first-order valence-corrected chi connectivity index (χ1v) is 9.53. The molecule has 0 atom stereocenters. The molecule has 0 aromatic heterocycles. The highest BCUT2D eigenvalue weighted by molar-refractivity contribution is 5.78. The first kappa shape index (κ1) is 20.6. The lowest BCUT2D eigenvalue weighted by molar-refractivity contribution is -0.119. The molecule has 2 heteroatoms. The number of carbonyl (C=O) groups excluding carboxylic acids is 1. The molecular formula is C19H39NO. The Kier molecular flexibility index (Phi) is 17.4. The molecule has 0 aliphatic carbocycles. The van der Waals surface area contributed by atoms with Gasteiger partial charge in [-0.05, 0) is 25.8 Å². The quantitative estimate of drug-likeness (QED) is 0.346. The lowest BCUT2D eigenvalue weighted by Crippen LogP contribution is -2.00. The molecule has 0 bridgehead atoms. The van der Waals surface area contributed by atoms with Crippen molar-refractivity contribution in [3.63, 3.8) is 0 Å². The number of hydrogen-bond acceptors (Lipinski definition) is 2. The van der Waals surface area contributed by atoms with Crippen molar-refractivity contribution in [2.45, 2.75) is 110 Å². The van der Waals surface area contributed by atoms with Gasteiger partial charge in [-0.15, -0.1) is 0 Å². The van der Waals surface area contributed by atoms with Crippen molar-refractivity contribution in [3.05, 3.63) is 0 Å². The molecule has 2 nitrogen and oxygen atoms in total. The number of ketones is 1. The Labute approximate surface area is 133 Å².